The third-order valence-corrected chi connectivity index (χ3v) is 8.28. The second-order valence-corrected chi connectivity index (χ2v) is 10.2. The number of aromatic nitrogens is 1. The molecule has 0 bridgehead atoms. The molecule has 1 aromatic heterocycles. The van der Waals surface area contributed by atoms with Gasteiger partial charge in [0.25, 0.3) is 0 Å². The molecule has 0 radical (unpaired) electrons. The number of likely N-dealkylation sites (tertiary alicyclic amines) is 1. The molecule has 2 fully saturated rings. The number of nitrogens with zero attached hydrogens (tertiary/aromatic N) is 3. The van der Waals surface area contributed by atoms with Crippen LogP contribution in [0.3, 0.4) is 0 Å². The van der Waals surface area contributed by atoms with E-state index in [2.05, 4.69) is 45.4 Å². The molecule has 0 amide bonds. The summed E-state index contributed by atoms with van der Waals surface area (Å²) in [6.45, 7) is 5.83. The average Bonchev–Trinajstić information content (AvgIpc) is 2.84. The maximum Gasteiger partial charge on any atom is 0.0610 e. The zero-order chi connectivity index (χ0) is 20.6. The molecule has 164 valence electrons. The van der Waals surface area contributed by atoms with Crippen LogP contribution in [-0.2, 0) is 19.4 Å². The second kappa shape index (κ2) is 8.55. The molecule has 31 heavy (non-hydrogen) atoms. The summed E-state index contributed by atoms with van der Waals surface area (Å²) in [4.78, 5) is 10.3. The van der Waals surface area contributed by atoms with E-state index in [1.165, 1.54) is 87.1 Å². The number of aryl methyl sites for hydroxylation is 1. The Hall–Kier alpha value is -1.91. The number of fused-ring (bicyclic) bond motifs is 4. The first kappa shape index (κ1) is 19.8. The van der Waals surface area contributed by atoms with E-state index in [1.54, 1.807) is 5.56 Å². The zero-order valence-corrected chi connectivity index (χ0v) is 18.7. The van der Waals surface area contributed by atoms with Crippen molar-refractivity contribution < 1.29 is 0 Å². The predicted octanol–water partition coefficient (Wildman–Crippen LogP) is 4.49. The molecule has 4 heterocycles. The Morgan fingerprint density at radius 3 is 2.77 bits per heavy atom. The van der Waals surface area contributed by atoms with Gasteiger partial charge < -0.3 is 10.2 Å². The molecule has 2 aromatic rings. The minimum absolute atomic E-state index is 0.527. The van der Waals surface area contributed by atoms with Crippen LogP contribution in [0.15, 0.2) is 36.5 Å². The van der Waals surface area contributed by atoms with Gasteiger partial charge in [0.2, 0.25) is 0 Å². The van der Waals surface area contributed by atoms with Gasteiger partial charge in [-0.2, -0.15) is 0 Å². The number of piperidine rings is 2. The van der Waals surface area contributed by atoms with Crippen LogP contribution < -0.4 is 10.2 Å². The van der Waals surface area contributed by atoms with Gasteiger partial charge >= 0.3 is 0 Å². The van der Waals surface area contributed by atoms with Crippen molar-refractivity contribution in [3.63, 3.8) is 0 Å². The largest absolute Gasteiger partial charge is 0.371 e. The maximum absolute atomic E-state index is 4.89. The number of nitrogens with one attached hydrogen (secondary N) is 1. The standard InChI is InChI=1S/C27H36N4/c1-2-14-30(15-3-1)25-10-4-7-22-18-29-23(17-24(22)25)19-31-16-6-9-21-12-11-20-8-5-13-28-26(20)27(21)31/h4-5,7-8,10,13,21,23,27,29H,1-3,6,9,11-12,14-19H2/t21-,23+,27-/m0/s1. The van der Waals surface area contributed by atoms with Crippen LogP contribution in [0.5, 0.6) is 0 Å². The van der Waals surface area contributed by atoms with Crippen LogP contribution in [0.2, 0.25) is 0 Å². The van der Waals surface area contributed by atoms with E-state index in [4.69, 9.17) is 4.98 Å². The molecule has 4 nitrogen and oxygen atoms in total. The fourth-order valence-corrected chi connectivity index (χ4v) is 6.76. The van der Waals surface area contributed by atoms with E-state index in [1.807, 2.05) is 6.20 Å². The van der Waals surface area contributed by atoms with Crippen LogP contribution in [-0.4, -0.2) is 42.1 Å². The van der Waals surface area contributed by atoms with Crippen LogP contribution >= 0.6 is 0 Å². The van der Waals surface area contributed by atoms with Crippen molar-refractivity contribution in [3.8, 4) is 0 Å². The van der Waals surface area contributed by atoms with Gasteiger partial charge in [-0.05, 0) is 92.7 Å². The van der Waals surface area contributed by atoms with Gasteiger partial charge in [-0.15, -0.1) is 0 Å². The summed E-state index contributed by atoms with van der Waals surface area (Å²) < 4.78 is 0. The molecule has 0 saturated carbocycles. The Kier molecular flexibility index (Phi) is 5.45. The normalized spacial score (nSPS) is 28.5. The first-order chi connectivity index (χ1) is 15.4. The van der Waals surface area contributed by atoms with E-state index in [9.17, 15) is 0 Å². The molecule has 3 atom stereocenters. The Bertz CT molecular complexity index is 919. The van der Waals surface area contributed by atoms with Crippen molar-refractivity contribution in [1.82, 2.24) is 15.2 Å². The predicted molar refractivity (Wildman–Crippen MR) is 126 cm³/mol. The van der Waals surface area contributed by atoms with Gasteiger partial charge in [-0.25, -0.2) is 0 Å². The zero-order valence-electron chi connectivity index (χ0n) is 18.7. The fourth-order valence-electron chi connectivity index (χ4n) is 6.76. The monoisotopic (exact) mass is 416 g/mol. The van der Waals surface area contributed by atoms with Gasteiger partial charge in [-0.1, -0.05) is 18.2 Å². The lowest BCUT2D eigenvalue weighted by atomic mass is 9.76. The number of benzene rings is 1. The van der Waals surface area contributed by atoms with Crippen molar-refractivity contribution in [2.75, 3.05) is 31.1 Å². The number of rotatable bonds is 3. The van der Waals surface area contributed by atoms with Gasteiger partial charge in [0.05, 0.1) is 11.7 Å². The highest BCUT2D eigenvalue weighted by Crippen LogP contribution is 2.43. The maximum atomic E-state index is 4.89. The fraction of sp³-hybridized carbons (Fsp3) is 0.593. The highest BCUT2D eigenvalue weighted by Gasteiger charge is 2.38. The van der Waals surface area contributed by atoms with E-state index in [-0.39, 0.29) is 0 Å². The molecular formula is C27H36N4. The van der Waals surface area contributed by atoms with Gasteiger partial charge in [0.15, 0.2) is 0 Å². The van der Waals surface area contributed by atoms with Gasteiger partial charge in [-0.3, -0.25) is 9.88 Å². The Balaban J connectivity index is 1.23. The number of anilines is 1. The van der Waals surface area contributed by atoms with Crippen molar-refractivity contribution in [2.24, 2.45) is 5.92 Å². The number of hydrogen-bond acceptors (Lipinski definition) is 4. The summed E-state index contributed by atoms with van der Waals surface area (Å²) in [6, 6.07) is 12.5. The van der Waals surface area contributed by atoms with E-state index >= 15 is 0 Å². The summed E-state index contributed by atoms with van der Waals surface area (Å²) in [6.07, 6.45) is 12.5. The Labute approximate surface area is 187 Å². The molecule has 3 aliphatic heterocycles. The molecule has 0 spiro atoms. The van der Waals surface area contributed by atoms with E-state index in [0.717, 1.165) is 25.4 Å². The minimum Gasteiger partial charge on any atom is -0.371 e. The SMILES string of the molecule is c1cnc2c(c1)CC[C@@H]1CCCN(C[C@H]3Cc4c(cccc4N4CCCCC4)CN3)[C@H]21. The summed E-state index contributed by atoms with van der Waals surface area (Å²) in [5, 5.41) is 3.89. The molecule has 1 aliphatic carbocycles. The highest BCUT2D eigenvalue weighted by molar-refractivity contribution is 5.58. The van der Waals surface area contributed by atoms with Gasteiger partial charge in [0.1, 0.15) is 0 Å². The summed E-state index contributed by atoms with van der Waals surface area (Å²) >= 11 is 0. The van der Waals surface area contributed by atoms with Crippen molar-refractivity contribution >= 4 is 5.69 Å². The Morgan fingerprint density at radius 2 is 1.84 bits per heavy atom. The van der Waals surface area contributed by atoms with Crippen LogP contribution in [0, 0.1) is 5.92 Å². The smallest absolute Gasteiger partial charge is 0.0610 e. The van der Waals surface area contributed by atoms with Gasteiger partial charge in [0, 0.05) is 44.1 Å². The quantitative estimate of drug-likeness (QED) is 0.799. The van der Waals surface area contributed by atoms with Crippen molar-refractivity contribution in [2.45, 2.75) is 70.0 Å². The summed E-state index contributed by atoms with van der Waals surface area (Å²) in [5.74, 6) is 0.788. The van der Waals surface area contributed by atoms with Crippen LogP contribution in [0.1, 0.15) is 67.0 Å². The first-order valence-corrected chi connectivity index (χ1v) is 12.6. The second-order valence-electron chi connectivity index (χ2n) is 10.2. The highest BCUT2D eigenvalue weighted by atomic mass is 15.2. The van der Waals surface area contributed by atoms with Crippen LogP contribution in [0.4, 0.5) is 5.69 Å². The third kappa shape index (κ3) is 3.78. The van der Waals surface area contributed by atoms with Crippen molar-refractivity contribution in [1.29, 1.82) is 0 Å². The Morgan fingerprint density at radius 1 is 0.935 bits per heavy atom. The summed E-state index contributed by atoms with van der Waals surface area (Å²) in [5.41, 5.74) is 7.52. The molecule has 0 unspecified atom stereocenters. The molecule has 1 N–H and O–H groups in total. The third-order valence-electron chi connectivity index (χ3n) is 8.28. The molecular weight excluding hydrogens is 380 g/mol. The van der Waals surface area contributed by atoms with E-state index in [0.29, 0.717) is 12.1 Å². The first-order valence-electron chi connectivity index (χ1n) is 12.6. The van der Waals surface area contributed by atoms with Crippen LogP contribution in [0.25, 0.3) is 0 Å². The molecule has 2 saturated heterocycles. The lowest BCUT2D eigenvalue weighted by Crippen LogP contribution is -2.50. The molecule has 4 heteroatoms. The lowest BCUT2D eigenvalue weighted by molar-refractivity contribution is 0.0661. The number of hydrogen-bond donors (Lipinski definition) is 1. The topological polar surface area (TPSA) is 31.4 Å². The average molecular weight is 417 g/mol. The van der Waals surface area contributed by atoms with Crippen molar-refractivity contribution in [3.05, 3.63) is 58.9 Å². The number of pyridine rings is 1. The van der Waals surface area contributed by atoms with E-state index < -0.39 is 0 Å². The minimum atomic E-state index is 0.527. The lowest BCUT2D eigenvalue weighted by Gasteiger charge is -2.46. The molecule has 4 aliphatic rings. The summed E-state index contributed by atoms with van der Waals surface area (Å²) in [7, 11) is 0. The molecule has 6 rings (SSSR count). The molecule has 1 aromatic carbocycles.